The van der Waals surface area contributed by atoms with Gasteiger partial charge in [-0.25, -0.2) is 12.8 Å². The molecule has 0 bridgehead atoms. The molecule has 0 aromatic heterocycles. The average Bonchev–Trinajstić information content (AvgIpc) is 2.47. The first-order valence-electron chi connectivity index (χ1n) is 7.28. The zero-order valence-electron chi connectivity index (χ0n) is 13.7. The maximum atomic E-state index is 13.2. The Balaban J connectivity index is 2.27. The summed E-state index contributed by atoms with van der Waals surface area (Å²) in [5.74, 6) is -1.03. The van der Waals surface area contributed by atoms with Gasteiger partial charge in [0.15, 0.2) is 0 Å². The standard InChI is InChI=1S/C17H19FN2O3S/c1-12-6-4-9-16(13(12)2)20(24(3,22)23)11-17(21)19-15-8-5-7-14(18)10-15/h4-10H,11H2,1-3H3,(H,19,21). The fraction of sp³-hybridized carbons (Fsp3) is 0.235. The van der Waals surface area contributed by atoms with Gasteiger partial charge in [0.05, 0.1) is 11.9 Å². The molecule has 0 aliphatic carbocycles. The van der Waals surface area contributed by atoms with Gasteiger partial charge in [-0.15, -0.1) is 0 Å². The highest BCUT2D eigenvalue weighted by atomic mass is 32.2. The zero-order chi connectivity index (χ0) is 17.9. The highest BCUT2D eigenvalue weighted by Gasteiger charge is 2.22. The number of benzene rings is 2. The zero-order valence-corrected chi connectivity index (χ0v) is 14.5. The summed E-state index contributed by atoms with van der Waals surface area (Å²) >= 11 is 0. The number of rotatable bonds is 5. The summed E-state index contributed by atoms with van der Waals surface area (Å²) in [6.07, 6.45) is 1.05. The molecule has 0 unspecified atom stereocenters. The normalized spacial score (nSPS) is 11.2. The van der Waals surface area contributed by atoms with Crippen molar-refractivity contribution in [2.24, 2.45) is 0 Å². The Morgan fingerprint density at radius 1 is 1.17 bits per heavy atom. The molecular formula is C17H19FN2O3S. The van der Waals surface area contributed by atoms with Crippen molar-refractivity contribution >= 4 is 27.3 Å². The van der Waals surface area contributed by atoms with Crippen molar-refractivity contribution < 1.29 is 17.6 Å². The molecule has 0 aliphatic rings. The number of nitrogens with one attached hydrogen (secondary N) is 1. The molecular weight excluding hydrogens is 331 g/mol. The Labute approximate surface area is 141 Å². The van der Waals surface area contributed by atoms with Crippen molar-refractivity contribution in [3.05, 3.63) is 59.4 Å². The van der Waals surface area contributed by atoms with E-state index in [1.165, 1.54) is 24.3 Å². The molecule has 0 heterocycles. The summed E-state index contributed by atoms with van der Waals surface area (Å²) in [6, 6.07) is 10.7. The Kier molecular flexibility index (Phi) is 5.23. The van der Waals surface area contributed by atoms with Gasteiger partial charge < -0.3 is 5.32 Å². The van der Waals surface area contributed by atoms with Crippen LogP contribution >= 0.6 is 0 Å². The minimum absolute atomic E-state index is 0.273. The number of aryl methyl sites for hydroxylation is 1. The van der Waals surface area contributed by atoms with Crippen LogP contribution in [-0.2, 0) is 14.8 Å². The molecule has 2 aromatic carbocycles. The molecule has 1 N–H and O–H groups in total. The molecule has 2 rings (SSSR count). The largest absolute Gasteiger partial charge is 0.324 e. The first-order valence-corrected chi connectivity index (χ1v) is 9.12. The highest BCUT2D eigenvalue weighted by molar-refractivity contribution is 7.92. The van der Waals surface area contributed by atoms with E-state index in [2.05, 4.69) is 5.32 Å². The van der Waals surface area contributed by atoms with Crippen LogP contribution in [0.2, 0.25) is 0 Å². The van der Waals surface area contributed by atoms with E-state index >= 15 is 0 Å². The van der Waals surface area contributed by atoms with E-state index in [1.54, 1.807) is 19.1 Å². The molecule has 5 nitrogen and oxygen atoms in total. The van der Waals surface area contributed by atoms with Gasteiger partial charge in [0.25, 0.3) is 0 Å². The molecule has 7 heteroatoms. The second-order valence-corrected chi connectivity index (χ2v) is 7.45. The Bertz CT molecular complexity index is 866. The molecule has 1 amide bonds. The number of amides is 1. The van der Waals surface area contributed by atoms with Gasteiger partial charge in [-0.2, -0.15) is 0 Å². The van der Waals surface area contributed by atoms with Crippen LogP contribution in [0.5, 0.6) is 0 Å². The molecule has 2 aromatic rings. The lowest BCUT2D eigenvalue weighted by Crippen LogP contribution is -2.38. The Morgan fingerprint density at radius 2 is 1.83 bits per heavy atom. The van der Waals surface area contributed by atoms with E-state index in [4.69, 9.17) is 0 Å². The van der Waals surface area contributed by atoms with Crippen LogP contribution < -0.4 is 9.62 Å². The second-order valence-electron chi connectivity index (χ2n) is 5.55. The number of hydrogen-bond acceptors (Lipinski definition) is 3. The first kappa shape index (κ1) is 17.9. The number of hydrogen-bond donors (Lipinski definition) is 1. The van der Waals surface area contributed by atoms with Gasteiger partial charge in [-0.05, 0) is 49.2 Å². The maximum Gasteiger partial charge on any atom is 0.245 e. The number of carbonyl (C=O) groups is 1. The number of halogens is 1. The lowest BCUT2D eigenvalue weighted by molar-refractivity contribution is -0.114. The number of carbonyl (C=O) groups excluding carboxylic acids is 1. The minimum atomic E-state index is -3.65. The van der Waals surface area contributed by atoms with Gasteiger partial charge in [0.1, 0.15) is 12.4 Å². The Hall–Kier alpha value is -2.41. The van der Waals surface area contributed by atoms with Crippen LogP contribution in [0.4, 0.5) is 15.8 Å². The number of sulfonamides is 1. The SMILES string of the molecule is Cc1cccc(N(CC(=O)Nc2cccc(F)c2)S(C)(=O)=O)c1C. The predicted octanol–water partition coefficient (Wildman–Crippen LogP) is 2.85. The quantitative estimate of drug-likeness (QED) is 0.902. The van der Waals surface area contributed by atoms with Gasteiger partial charge in [-0.1, -0.05) is 18.2 Å². The van der Waals surface area contributed by atoms with Crippen molar-refractivity contribution in [3.8, 4) is 0 Å². The van der Waals surface area contributed by atoms with Crippen molar-refractivity contribution in [3.63, 3.8) is 0 Å². The van der Waals surface area contributed by atoms with Crippen LogP contribution in [-0.4, -0.2) is 27.1 Å². The number of anilines is 2. The van der Waals surface area contributed by atoms with Gasteiger partial charge >= 0.3 is 0 Å². The van der Waals surface area contributed by atoms with Gasteiger partial charge in [-0.3, -0.25) is 9.10 Å². The number of nitrogens with zero attached hydrogens (tertiary/aromatic N) is 1. The molecule has 0 saturated heterocycles. The van der Waals surface area contributed by atoms with Crippen LogP contribution in [0.15, 0.2) is 42.5 Å². The molecule has 0 aliphatic heterocycles. The molecule has 24 heavy (non-hydrogen) atoms. The monoisotopic (exact) mass is 350 g/mol. The summed E-state index contributed by atoms with van der Waals surface area (Å²) in [5.41, 5.74) is 2.43. The van der Waals surface area contributed by atoms with Crippen molar-refractivity contribution in [2.75, 3.05) is 22.4 Å². The molecule has 0 saturated carbocycles. The van der Waals surface area contributed by atoms with Crippen molar-refractivity contribution in [2.45, 2.75) is 13.8 Å². The van der Waals surface area contributed by atoms with E-state index in [9.17, 15) is 17.6 Å². The van der Waals surface area contributed by atoms with Crippen molar-refractivity contribution in [1.29, 1.82) is 0 Å². The lowest BCUT2D eigenvalue weighted by atomic mass is 10.1. The molecule has 0 radical (unpaired) electrons. The third-order valence-electron chi connectivity index (χ3n) is 3.64. The van der Waals surface area contributed by atoms with E-state index in [0.29, 0.717) is 5.69 Å². The van der Waals surface area contributed by atoms with Gasteiger partial charge in [0, 0.05) is 5.69 Å². The van der Waals surface area contributed by atoms with E-state index in [1.807, 2.05) is 13.0 Å². The second kappa shape index (κ2) is 7.00. The van der Waals surface area contributed by atoms with Crippen LogP contribution in [0.25, 0.3) is 0 Å². The molecule has 128 valence electrons. The topological polar surface area (TPSA) is 66.5 Å². The fourth-order valence-corrected chi connectivity index (χ4v) is 3.19. The van der Waals surface area contributed by atoms with Crippen LogP contribution in [0.3, 0.4) is 0 Å². The minimum Gasteiger partial charge on any atom is -0.324 e. The molecule has 0 fully saturated rings. The Morgan fingerprint density at radius 3 is 2.46 bits per heavy atom. The predicted molar refractivity (Wildman–Crippen MR) is 93.1 cm³/mol. The van der Waals surface area contributed by atoms with Crippen LogP contribution in [0.1, 0.15) is 11.1 Å². The maximum absolute atomic E-state index is 13.2. The molecule has 0 spiro atoms. The van der Waals surface area contributed by atoms with E-state index < -0.39 is 21.7 Å². The summed E-state index contributed by atoms with van der Waals surface area (Å²) in [7, 11) is -3.65. The van der Waals surface area contributed by atoms with Crippen molar-refractivity contribution in [1.82, 2.24) is 0 Å². The highest BCUT2D eigenvalue weighted by Crippen LogP contribution is 2.24. The first-order chi connectivity index (χ1) is 11.2. The van der Waals surface area contributed by atoms with Gasteiger partial charge in [0.2, 0.25) is 15.9 Å². The summed E-state index contributed by atoms with van der Waals surface area (Å²) in [6.45, 7) is 3.28. The third-order valence-corrected chi connectivity index (χ3v) is 4.77. The third kappa shape index (κ3) is 4.32. The summed E-state index contributed by atoms with van der Waals surface area (Å²) < 4.78 is 38.5. The average molecular weight is 350 g/mol. The fourth-order valence-electron chi connectivity index (χ4n) is 2.28. The van der Waals surface area contributed by atoms with E-state index in [0.717, 1.165) is 21.7 Å². The lowest BCUT2D eigenvalue weighted by Gasteiger charge is -2.24. The summed E-state index contributed by atoms with van der Waals surface area (Å²) in [5, 5.41) is 2.50. The van der Waals surface area contributed by atoms with E-state index in [-0.39, 0.29) is 12.2 Å². The smallest absolute Gasteiger partial charge is 0.245 e. The molecule has 0 atom stereocenters. The van der Waals surface area contributed by atoms with Crippen LogP contribution in [0, 0.1) is 19.7 Å². The summed E-state index contributed by atoms with van der Waals surface area (Å²) in [4.78, 5) is 12.2.